The normalized spacial score (nSPS) is 16.4. The number of anilines is 1. The Morgan fingerprint density at radius 3 is 2.32 bits per heavy atom. The first-order valence-corrected chi connectivity index (χ1v) is 22.4. The van der Waals surface area contributed by atoms with Crippen molar-refractivity contribution in [2.45, 2.75) is 58.0 Å². The molecule has 12 heteroatoms. The Hall–Kier alpha value is -6.89. The maximum atomic E-state index is 14.6. The predicted molar refractivity (Wildman–Crippen MR) is 248 cm³/mol. The number of hydrogen-bond donors (Lipinski definition) is 1. The molecule has 1 amide bonds. The van der Waals surface area contributed by atoms with Crippen LogP contribution in [0, 0.1) is 0 Å². The maximum Gasteiger partial charge on any atom is 0.335 e. The largest absolute Gasteiger partial charge is 0.489 e. The monoisotopic (exact) mass is 874 g/mol. The lowest BCUT2D eigenvalue weighted by atomic mass is 9.92. The van der Waals surface area contributed by atoms with Crippen molar-refractivity contribution in [2.24, 2.45) is 0 Å². The molecule has 1 fully saturated rings. The molecule has 1 unspecified atom stereocenters. The molecule has 12 nitrogen and oxygen atoms in total. The van der Waals surface area contributed by atoms with Crippen molar-refractivity contribution in [1.82, 2.24) is 14.4 Å². The van der Waals surface area contributed by atoms with Crippen LogP contribution in [0.3, 0.4) is 0 Å². The zero-order valence-corrected chi connectivity index (χ0v) is 36.7. The summed E-state index contributed by atoms with van der Waals surface area (Å²) < 4.78 is 25.1. The van der Waals surface area contributed by atoms with E-state index < -0.39 is 5.97 Å². The number of fused-ring (bicyclic) bond motifs is 3. The third-order valence-electron chi connectivity index (χ3n) is 12.7. The summed E-state index contributed by atoms with van der Waals surface area (Å²) in [5.41, 5.74) is 9.98. The zero-order chi connectivity index (χ0) is 44.7. The van der Waals surface area contributed by atoms with Gasteiger partial charge in [0.25, 0.3) is 5.91 Å². The standard InChI is InChI=1S/C31H33N3O5.C22H21NO3/c35-19-23-14-28(33-8-4-3-7-27(23)33)25-15-29-30(39-20-38-29)16-26(25)31(36)34-17-22-6-2-1-5-21(22)13-24(34)18-32-9-11-37-12-10-32;1-23(15-18-8-5-9-19(14-18)22(24)25)20-10-12-21(13-11-20)26-16-17-6-3-2-4-7-17/h1-2,5-6,14-16,19,24H,3-4,7-13,17-18,20H2;2-14H,15-16H2,1H3,(H,24,25). The second-order valence-electron chi connectivity index (χ2n) is 17.0. The summed E-state index contributed by atoms with van der Waals surface area (Å²) >= 11 is 0. The summed E-state index contributed by atoms with van der Waals surface area (Å²) in [6.07, 6.45) is 4.73. The highest BCUT2D eigenvalue weighted by Gasteiger charge is 2.35. The highest BCUT2D eigenvalue weighted by molar-refractivity contribution is 6.02. The number of nitrogens with zero attached hydrogens (tertiary/aromatic N) is 4. The van der Waals surface area contributed by atoms with Gasteiger partial charge in [-0.15, -0.1) is 0 Å². The second kappa shape index (κ2) is 19.9. The van der Waals surface area contributed by atoms with Crippen molar-refractivity contribution in [1.29, 1.82) is 0 Å². The molecule has 1 saturated heterocycles. The molecule has 4 aliphatic rings. The zero-order valence-electron chi connectivity index (χ0n) is 36.7. The SMILES string of the molecule is CN(Cc1cccc(C(=O)O)c1)c1ccc(OCc2ccccc2)cc1.O=Cc1cc(-c2cc3c(cc2C(=O)N2Cc4ccccc4CC2CN2CCOCC2)OCO3)n2c1CCCC2. The van der Waals surface area contributed by atoms with Gasteiger partial charge in [0.2, 0.25) is 6.79 Å². The van der Waals surface area contributed by atoms with E-state index in [4.69, 9.17) is 24.1 Å². The van der Waals surface area contributed by atoms with Crippen LogP contribution < -0.4 is 19.1 Å². The first-order valence-electron chi connectivity index (χ1n) is 22.4. The number of morpholine rings is 1. The van der Waals surface area contributed by atoms with Crippen molar-refractivity contribution < 1.29 is 38.4 Å². The van der Waals surface area contributed by atoms with Crippen molar-refractivity contribution in [3.05, 3.63) is 166 Å². The van der Waals surface area contributed by atoms with E-state index in [2.05, 4.69) is 32.6 Å². The molecule has 0 radical (unpaired) electrons. The van der Waals surface area contributed by atoms with Crippen LogP contribution in [-0.4, -0.2) is 90.4 Å². The van der Waals surface area contributed by atoms with Crippen LogP contribution in [0.4, 0.5) is 5.69 Å². The molecule has 0 saturated carbocycles. The van der Waals surface area contributed by atoms with Gasteiger partial charge in [-0.2, -0.15) is 0 Å². The molecule has 0 aliphatic carbocycles. The topological polar surface area (TPSA) is 123 Å². The average molecular weight is 875 g/mol. The van der Waals surface area contributed by atoms with Crippen LogP contribution in [0.5, 0.6) is 17.2 Å². The Morgan fingerprint density at radius 1 is 0.815 bits per heavy atom. The van der Waals surface area contributed by atoms with Crippen LogP contribution in [0.2, 0.25) is 0 Å². The number of aromatic nitrogens is 1. The van der Waals surface area contributed by atoms with Gasteiger partial charge in [0.1, 0.15) is 12.4 Å². The Balaban J connectivity index is 0.000000179. The summed E-state index contributed by atoms with van der Waals surface area (Å²) in [5.74, 6) is 1.11. The highest BCUT2D eigenvalue weighted by Crippen LogP contribution is 2.42. The minimum atomic E-state index is -0.908. The minimum Gasteiger partial charge on any atom is -0.489 e. The van der Waals surface area contributed by atoms with Crippen LogP contribution in [0.25, 0.3) is 11.3 Å². The first kappa shape index (κ1) is 43.4. The molecule has 5 aromatic carbocycles. The van der Waals surface area contributed by atoms with Gasteiger partial charge < -0.3 is 38.4 Å². The Labute approximate surface area is 379 Å². The van der Waals surface area contributed by atoms with E-state index in [1.54, 1.807) is 18.2 Å². The average Bonchev–Trinajstić information content (AvgIpc) is 3.98. The van der Waals surface area contributed by atoms with E-state index in [1.807, 2.05) is 96.9 Å². The quantitative estimate of drug-likeness (QED) is 0.120. The number of carbonyl (C=O) groups is 3. The summed E-state index contributed by atoms with van der Waals surface area (Å²) in [5, 5.41) is 9.10. The van der Waals surface area contributed by atoms with Crippen molar-refractivity contribution in [3.8, 4) is 28.5 Å². The lowest BCUT2D eigenvalue weighted by Gasteiger charge is -2.40. The predicted octanol–water partition coefficient (Wildman–Crippen LogP) is 8.53. The van der Waals surface area contributed by atoms with E-state index in [1.165, 1.54) is 11.1 Å². The number of aromatic carboxylic acids is 1. The van der Waals surface area contributed by atoms with Gasteiger partial charge in [0.15, 0.2) is 17.8 Å². The number of hydrogen-bond acceptors (Lipinski definition) is 9. The van der Waals surface area contributed by atoms with E-state index in [9.17, 15) is 14.4 Å². The van der Waals surface area contributed by atoms with Crippen LogP contribution in [0.15, 0.2) is 121 Å². The molecular weight excluding hydrogens is 821 g/mol. The van der Waals surface area contributed by atoms with Gasteiger partial charge in [0, 0.05) is 80.6 Å². The van der Waals surface area contributed by atoms with Crippen molar-refractivity contribution in [3.63, 3.8) is 0 Å². The number of carbonyl (C=O) groups excluding carboxylic acids is 2. The molecule has 65 heavy (non-hydrogen) atoms. The van der Waals surface area contributed by atoms with Crippen LogP contribution in [0.1, 0.15) is 71.9 Å². The molecule has 0 bridgehead atoms. The fourth-order valence-corrected chi connectivity index (χ4v) is 9.29. The number of carboxylic acid groups (broad SMARTS) is 1. The Kier molecular flexibility index (Phi) is 13.3. The summed E-state index contributed by atoms with van der Waals surface area (Å²) in [6.45, 7) is 6.70. The number of rotatable bonds is 12. The van der Waals surface area contributed by atoms with E-state index in [-0.39, 0.29) is 18.7 Å². The van der Waals surface area contributed by atoms with E-state index in [0.29, 0.717) is 47.9 Å². The third kappa shape index (κ3) is 9.94. The maximum absolute atomic E-state index is 14.6. The molecule has 4 aliphatic heterocycles. The number of carboxylic acids is 1. The highest BCUT2D eigenvalue weighted by atomic mass is 16.7. The number of benzene rings is 5. The molecule has 334 valence electrons. The molecule has 10 rings (SSSR count). The first-order chi connectivity index (χ1) is 31.8. The van der Waals surface area contributed by atoms with Gasteiger partial charge in [-0.1, -0.05) is 66.7 Å². The van der Waals surface area contributed by atoms with Gasteiger partial charge in [-0.05, 0) is 103 Å². The summed E-state index contributed by atoms with van der Waals surface area (Å²) in [6, 6.07) is 39.1. The molecule has 5 heterocycles. The lowest BCUT2D eigenvalue weighted by molar-refractivity contribution is 0.0193. The molecule has 1 aromatic heterocycles. The van der Waals surface area contributed by atoms with Crippen molar-refractivity contribution in [2.75, 3.05) is 51.6 Å². The van der Waals surface area contributed by atoms with Gasteiger partial charge in [-0.25, -0.2) is 4.79 Å². The van der Waals surface area contributed by atoms with Crippen molar-refractivity contribution >= 4 is 23.9 Å². The fraction of sp³-hybridized carbons (Fsp3) is 0.302. The smallest absolute Gasteiger partial charge is 0.335 e. The molecular formula is C53H54N4O8. The number of aldehydes is 1. The fourth-order valence-electron chi connectivity index (χ4n) is 9.29. The second-order valence-corrected chi connectivity index (χ2v) is 17.0. The lowest BCUT2D eigenvalue weighted by Crippen LogP contribution is -2.52. The third-order valence-corrected chi connectivity index (χ3v) is 12.7. The summed E-state index contributed by atoms with van der Waals surface area (Å²) in [7, 11) is 1.98. The Bertz CT molecular complexity index is 2640. The summed E-state index contributed by atoms with van der Waals surface area (Å²) in [4.78, 5) is 44.2. The number of amides is 1. The van der Waals surface area contributed by atoms with Gasteiger partial charge in [-0.3, -0.25) is 14.5 Å². The molecule has 0 spiro atoms. The van der Waals surface area contributed by atoms with Crippen LogP contribution in [-0.2, 0) is 43.8 Å². The van der Waals surface area contributed by atoms with Crippen LogP contribution >= 0.6 is 0 Å². The number of ether oxygens (including phenoxy) is 4. The van der Waals surface area contributed by atoms with E-state index in [0.717, 1.165) is 111 Å². The minimum absolute atomic E-state index is 0.0184. The molecule has 6 aromatic rings. The molecule has 1 atom stereocenters. The molecule has 1 N–H and O–H groups in total. The van der Waals surface area contributed by atoms with E-state index >= 15 is 0 Å². The Morgan fingerprint density at radius 2 is 1.55 bits per heavy atom. The van der Waals surface area contributed by atoms with Gasteiger partial charge >= 0.3 is 5.97 Å². The van der Waals surface area contributed by atoms with Gasteiger partial charge in [0.05, 0.1) is 24.3 Å².